The number of phenolic OH excluding ortho intramolecular Hbond substituents is 1. The highest BCUT2D eigenvalue weighted by atomic mass is 35.5. The Morgan fingerprint density at radius 1 is 1.53 bits per heavy atom. The quantitative estimate of drug-likeness (QED) is 0.289. The van der Waals surface area contributed by atoms with Gasteiger partial charge in [0, 0.05) is 0 Å². The predicted octanol–water partition coefficient (Wildman–Crippen LogP) is 1.30. The van der Waals surface area contributed by atoms with Gasteiger partial charge in [-0.05, 0) is 37.0 Å². The molecule has 1 fully saturated rings. The number of aromatic hydroxyl groups is 1. The summed E-state index contributed by atoms with van der Waals surface area (Å²) >= 11 is 5.90. The molecule has 7 heteroatoms. The van der Waals surface area contributed by atoms with Crippen molar-refractivity contribution in [2.75, 3.05) is 0 Å². The van der Waals surface area contributed by atoms with Crippen molar-refractivity contribution < 1.29 is 15.1 Å². The third-order valence-electron chi connectivity index (χ3n) is 3.01. The third-order valence-corrected chi connectivity index (χ3v) is 3.34. The van der Waals surface area contributed by atoms with Crippen molar-refractivity contribution in [3.8, 4) is 5.75 Å². The molecule has 1 aliphatic rings. The van der Waals surface area contributed by atoms with Gasteiger partial charge >= 0.3 is 0 Å². The van der Waals surface area contributed by atoms with E-state index in [4.69, 9.17) is 22.5 Å². The van der Waals surface area contributed by atoms with Crippen LogP contribution < -0.4 is 11.1 Å². The number of hydrogen-bond acceptors (Lipinski definition) is 4. The molecule has 1 saturated carbocycles. The number of carbonyl (C=O) groups excluding carboxylic acids is 1. The molecule has 5 N–H and O–H groups in total. The van der Waals surface area contributed by atoms with Crippen molar-refractivity contribution in [3.63, 3.8) is 0 Å². The fourth-order valence-electron chi connectivity index (χ4n) is 1.83. The summed E-state index contributed by atoms with van der Waals surface area (Å²) in [4.78, 5) is 12.1. The van der Waals surface area contributed by atoms with Gasteiger partial charge in [0.1, 0.15) is 5.75 Å². The van der Waals surface area contributed by atoms with Gasteiger partial charge in [-0.15, -0.1) is 0 Å². The largest absolute Gasteiger partial charge is 0.508 e. The first kappa shape index (κ1) is 13.5. The number of amides is 1. The zero-order valence-corrected chi connectivity index (χ0v) is 10.8. The van der Waals surface area contributed by atoms with E-state index in [0.29, 0.717) is 0 Å². The number of hydrogen-bond donors (Lipinski definition) is 4. The van der Waals surface area contributed by atoms with Crippen LogP contribution >= 0.6 is 11.6 Å². The second-order valence-electron chi connectivity index (χ2n) is 4.48. The molecule has 1 amide bonds. The van der Waals surface area contributed by atoms with Gasteiger partial charge in [0.25, 0.3) is 5.91 Å². The molecular formula is C12H14ClN3O3. The third kappa shape index (κ3) is 3.08. The highest BCUT2D eigenvalue weighted by molar-refractivity contribution is 6.34. The number of oxime groups is 1. The summed E-state index contributed by atoms with van der Waals surface area (Å²) in [5.41, 5.74) is 5.71. The van der Waals surface area contributed by atoms with Crippen LogP contribution in [0.15, 0.2) is 23.4 Å². The van der Waals surface area contributed by atoms with Gasteiger partial charge < -0.3 is 21.4 Å². The number of phenols is 1. The summed E-state index contributed by atoms with van der Waals surface area (Å²) in [7, 11) is 0. The molecule has 0 radical (unpaired) electrons. The smallest absolute Gasteiger partial charge is 0.253 e. The normalized spacial score (nSPS) is 17.0. The molecule has 1 unspecified atom stereocenters. The number of carbonyl (C=O) groups is 1. The van der Waals surface area contributed by atoms with E-state index in [1.165, 1.54) is 18.2 Å². The molecule has 0 spiro atoms. The van der Waals surface area contributed by atoms with Gasteiger partial charge in [-0.2, -0.15) is 0 Å². The summed E-state index contributed by atoms with van der Waals surface area (Å²) < 4.78 is 0. The van der Waals surface area contributed by atoms with E-state index in [-0.39, 0.29) is 28.1 Å². The number of nitrogens with zero attached hydrogens (tertiary/aromatic N) is 1. The van der Waals surface area contributed by atoms with E-state index >= 15 is 0 Å². The van der Waals surface area contributed by atoms with E-state index in [9.17, 15) is 9.90 Å². The Bertz CT molecular complexity index is 529. The van der Waals surface area contributed by atoms with Gasteiger partial charge in [-0.3, -0.25) is 4.79 Å². The molecule has 102 valence electrons. The molecule has 1 atom stereocenters. The molecule has 0 aromatic heterocycles. The van der Waals surface area contributed by atoms with E-state index in [2.05, 4.69) is 10.5 Å². The SMILES string of the molecule is N/C(=N/O)C(NC(=O)c1cc(O)ccc1Cl)C1CC1. The number of rotatable bonds is 4. The predicted molar refractivity (Wildman–Crippen MR) is 70.5 cm³/mol. The maximum atomic E-state index is 12.1. The van der Waals surface area contributed by atoms with Crippen molar-refractivity contribution >= 4 is 23.3 Å². The average molecular weight is 284 g/mol. The topological polar surface area (TPSA) is 108 Å². The van der Waals surface area contributed by atoms with Crippen molar-refractivity contribution in [2.24, 2.45) is 16.8 Å². The minimum absolute atomic E-state index is 0.0351. The number of benzene rings is 1. The monoisotopic (exact) mass is 283 g/mol. The highest BCUT2D eigenvalue weighted by Gasteiger charge is 2.35. The molecule has 0 bridgehead atoms. The first-order valence-electron chi connectivity index (χ1n) is 5.79. The maximum Gasteiger partial charge on any atom is 0.253 e. The first-order valence-corrected chi connectivity index (χ1v) is 6.17. The zero-order chi connectivity index (χ0) is 14.0. The fourth-order valence-corrected chi connectivity index (χ4v) is 2.03. The number of nitrogens with one attached hydrogen (secondary N) is 1. The lowest BCUT2D eigenvalue weighted by Gasteiger charge is -2.17. The van der Waals surface area contributed by atoms with E-state index < -0.39 is 11.9 Å². The highest BCUT2D eigenvalue weighted by Crippen LogP contribution is 2.33. The van der Waals surface area contributed by atoms with Gasteiger partial charge in [0.2, 0.25) is 0 Å². The van der Waals surface area contributed by atoms with Gasteiger partial charge in [-0.1, -0.05) is 16.8 Å². The molecule has 1 aromatic carbocycles. The van der Waals surface area contributed by atoms with Crippen molar-refractivity contribution in [1.82, 2.24) is 5.32 Å². The molecule has 1 aliphatic carbocycles. The zero-order valence-electron chi connectivity index (χ0n) is 10.0. The molecule has 2 rings (SSSR count). The Morgan fingerprint density at radius 2 is 2.21 bits per heavy atom. The van der Waals surface area contributed by atoms with Crippen LogP contribution in [-0.2, 0) is 0 Å². The van der Waals surface area contributed by atoms with Gasteiger partial charge in [0.15, 0.2) is 5.84 Å². The Balaban J connectivity index is 2.17. The first-order chi connectivity index (χ1) is 9.02. The van der Waals surface area contributed by atoms with Crippen molar-refractivity contribution in [3.05, 3.63) is 28.8 Å². The molecule has 0 heterocycles. The Kier molecular flexibility index (Phi) is 3.80. The minimum Gasteiger partial charge on any atom is -0.508 e. The van der Waals surface area contributed by atoms with Crippen LogP contribution in [0.5, 0.6) is 5.75 Å². The summed E-state index contributed by atoms with van der Waals surface area (Å²) in [6.07, 6.45) is 1.82. The van der Waals surface area contributed by atoms with Crippen LogP contribution in [0.1, 0.15) is 23.2 Å². The fraction of sp³-hybridized carbons (Fsp3) is 0.333. The maximum absolute atomic E-state index is 12.1. The molecule has 19 heavy (non-hydrogen) atoms. The van der Waals surface area contributed by atoms with Crippen LogP contribution in [0.4, 0.5) is 0 Å². The average Bonchev–Trinajstić information content (AvgIpc) is 3.22. The van der Waals surface area contributed by atoms with E-state index in [1.54, 1.807) is 0 Å². The summed E-state index contributed by atoms with van der Waals surface area (Å²) in [5, 5.41) is 23.9. The molecule has 0 aliphatic heterocycles. The Morgan fingerprint density at radius 3 is 2.79 bits per heavy atom. The van der Waals surface area contributed by atoms with Crippen LogP contribution in [0.3, 0.4) is 0 Å². The van der Waals surface area contributed by atoms with E-state index in [1.807, 2.05) is 0 Å². The lowest BCUT2D eigenvalue weighted by molar-refractivity contribution is 0.0942. The standard InChI is InChI=1S/C12H14ClN3O3/c13-9-4-3-7(17)5-8(9)12(18)15-10(6-1-2-6)11(14)16-19/h3-6,10,17,19H,1-2H2,(H2,14,16)(H,15,18). The van der Waals surface area contributed by atoms with Gasteiger partial charge in [-0.25, -0.2) is 0 Å². The Labute approximate surface area is 114 Å². The Hall–Kier alpha value is -1.95. The van der Waals surface area contributed by atoms with Gasteiger partial charge in [0.05, 0.1) is 16.6 Å². The van der Waals surface area contributed by atoms with Crippen molar-refractivity contribution in [2.45, 2.75) is 18.9 Å². The van der Waals surface area contributed by atoms with Crippen LogP contribution in [0, 0.1) is 5.92 Å². The second kappa shape index (κ2) is 5.36. The van der Waals surface area contributed by atoms with Crippen LogP contribution in [0.2, 0.25) is 5.02 Å². The van der Waals surface area contributed by atoms with Crippen molar-refractivity contribution in [1.29, 1.82) is 0 Å². The van der Waals surface area contributed by atoms with Crippen LogP contribution in [-0.4, -0.2) is 28.1 Å². The number of amidine groups is 1. The summed E-state index contributed by atoms with van der Waals surface area (Å²) in [5.74, 6) is -0.381. The second-order valence-corrected chi connectivity index (χ2v) is 4.88. The molecule has 6 nitrogen and oxygen atoms in total. The summed E-state index contributed by atoms with van der Waals surface area (Å²) in [6, 6.07) is 3.58. The van der Waals surface area contributed by atoms with E-state index in [0.717, 1.165) is 12.8 Å². The molecular weight excluding hydrogens is 270 g/mol. The molecule has 0 saturated heterocycles. The number of halogens is 1. The molecule has 1 aromatic rings. The summed E-state index contributed by atoms with van der Waals surface area (Å²) in [6.45, 7) is 0. The lowest BCUT2D eigenvalue weighted by Crippen LogP contribution is -2.46. The number of nitrogens with two attached hydrogens (primary N) is 1. The van der Waals surface area contributed by atoms with Crippen LogP contribution in [0.25, 0.3) is 0 Å². The lowest BCUT2D eigenvalue weighted by atomic mass is 10.1. The minimum atomic E-state index is -0.518.